The lowest BCUT2D eigenvalue weighted by atomic mass is 10.1. The Bertz CT molecular complexity index is 611. The molecule has 0 radical (unpaired) electrons. The third kappa shape index (κ3) is 1.83. The first-order chi connectivity index (χ1) is 8.54. The van der Waals surface area contributed by atoms with Gasteiger partial charge in [0, 0.05) is 11.6 Å². The van der Waals surface area contributed by atoms with Crippen molar-refractivity contribution in [1.82, 2.24) is 5.16 Å². The van der Waals surface area contributed by atoms with Gasteiger partial charge in [0.25, 0.3) is 5.69 Å². The molecular weight excluding hydrogens is 245 g/mol. The molecule has 2 rings (SSSR count). The molecule has 0 aliphatic heterocycles. The first-order valence-electron chi connectivity index (χ1n) is 4.77. The fraction of sp³-hybridized carbons (Fsp3) is 0.100. The zero-order valence-corrected chi connectivity index (χ0v) is 9.21. The summed E-state index contributed by atoms with van der Waals surface area (Å²) in [6.07, 6.45) is 1.23. The van der Waals surface area contributed by atoms with Crippen molar-refractivity contribution in [3.8, 4) is 16.9 Å². The van der Waals surface area contributed by atoms with Crippen molar-refractivity contribution in [2.45, 2.75) is 0 Å². The molecule has 0 spiro atoms. The van der Waals surface area contributed by atoms with Gasteiger partial charge in [-0.1, -0.05) is 5.16 Å². The van der Waals surface area contributed by atoms with Crippen LogP contribution in [0.1, 0.15) is 0 Å². The minimum Gasteiger partial charge on any atom is -0.493 e. The van der Waals surface area contributed by atoms with Crippen LogP contribution in [0.3, 0.4) is 0 Å². The molecule has 1 aromatic heterocycles. The number of non-ortho nitro benzene ring substituents is 1. The smallest absolute Gasteiger partial charge is 0.273 e. The summed E-state index contributed by atoms with van der Waals surface area (Å²) in [6, 6.07) is 1.91. The number of benzene rings is 1. The molecule has 0 amide bonds. The predicted octanol–water partition coefficient (Wildman–Crippen LogP) is 1.98. The largest absolute Gasteiger partial charge is 0.493 e. The monoisotopic (exact) mass is 253 g/mol. The second-order valence-electron chi connectivity index (χ2n) is 3.37. The molecule has 18 heavy (non-hydrogen) atoms. The number of nitro groups is 1. The summed E-state index contributed by atoms with van der Waals surface area (Å²) in [4.78, 5) is 9.97. The maximum absolute atomic E-state index is 13.7. The van der Waals surface area contributed by atoms with E-state index in [1.807, 2.05) is 0 Å². The lowest BCUT2D eigenvalue weighted by Crippen LogP contribution is -1.97. The fourth-order valence-electron chi connectivity index (χ4n) is 1.54. The summed E-state index contributed by atoms with van der Waals surface area (Å²) in [5, 5.41) is 14.1. The van der Waals surface area contributed by atoms with Crippen LogP contribution < -0.4 is 10.5 Å². The number of nitro benzene ring substituents is 1. The van der Waals surface area contributed by atoms with Gasteiger partial charge in [0.2, 0.25) is 5.88 Å². The van der Waals surface area contributed by atoms with Crippen molar-refractivity contribution >= 4 is 11.6 Å². The average Bonchev–Trinajstić information content (AvgIpc) is 2.74. The Labute approximate surface area is 100 Å². The predicted molar refractivity (Wildman–Crippen MR) is 59.5 cm³/mol. The van der Waals surface area contributed by atoms with Crippen LogP contribution in [0, 0.1) is 15.9 Å². The minimum absolute atomic E-state index is 0.0757. The van der Waals surface area contributed by atoms with E-state index >= 15 is 0 Å². The van der Waals surface area contributed by atoms with Crippen LogP contribution in [0.5, 0.6) is 5.75 Å². The summed E-state index contributed by atoms with van der Waals surface area (Å²) in [5.74, 6) is -1.09. The van der Waals surface area contributed by atoms with Crippen molar-refractivity contribution < 1.29 is 18.6 Å². The van der Waals surface area contributed by atoms with Crippen LogP contribution in [-0.4, -0.2) is 17.2 Å². The molecule has 7 nitrogen and oxygen atoms in total. The molecule has 0 aliphatic carbocycles. The van der Waals surface area contributed by atoms with Crippen LogP contribution in [0.2, 0.25) is 0 Å². The van der Waals surface area contributed by atoms with Gasteiger partial charge in [0.15, 0.2) is 11.6 Å². The van der Waals surface area contributed by atoms with Crippen LogP contribution in [0.4, 0.5) is 16.0 Å². The first-order valence-corrected chi connectivity index (χ1v) is 4.77. The quantitative estimate of drug-likeness (QED) is 0.662. The summed E-state index contributed by atoms with van der Waals surface area (Å²) >= 11 is 0. The van der Waals surface area contributed by atoms with Crippen LogP contribution in [0.25, 0.3) is 11.1 Å². The van der Waals surface area contributed by atoms with E-state index < -0.39 is 16.4 Å². The molecule has 0 bridgehead atoms. The van der Waals surface area contributed by atoms with E-state index in [1.54, 1.807) is 0 Å². The van der Waals surface area contributed by atoms with E-state index in [1.165, 1.54) is 13.3 Å². The molecule has 94 valence electrons. The van der Waals surface area contributed by atoms with Gasteiger partial charge in [-0.25, -0.2) is 4.39 Å². The molecule has 1 aromatic carbocycles. The Morgan fingerprint density at radius 2 is 2.22 bits per heavy atom. The number of ether oxygens (including phenoxy) is 1. The molecular formula is C10H8FN3O4. The normalized spacial score (nSPS) is 10.3. The fourth-order valence-corrected chi connectivity index (χ4v) is 1.54. The van der Waals surface area contributed by atoms with Crippen molar-refractivity contribution in [3.05, 3.63) is 34.3 Å². The number of anilines is 1. The Hall–Kier alpha value is -2.64. The standard InChI is InChI=1S/C10H8FN3O4/c1-17-9-6(7-4-13-18-10(7)12)2-5(14(15)16)3-8(9)11/h2-4H,12H2,1H3. The van der Waals surface area contributed by atoms with E-state index in [0.29, 0.717) is 0 Å². The van der Waals surface area contributed by atoms with Gasteiger partial charge in [-0.3, -0.25) is 10.1 Å². The Kier molecular flexibility index (Phi) is 2.84. The Morgan fingerprint density at radius 1 is 1.50 bits per heavy atom. The molecule has 0 saturated heterocycles. The van der Waals surface area contributed by atoms with Crippen molar-refractivity contribution in [1.29, 1.82) is 0 Å². The topological polar surface area (TPSA) is 104 Å². The molecule has 0 unspecified atom stereocenters. The number of hydrogen-bond donors (Lipinski definition) is 1. The molecule has 0 fully saturated rings. The zero-order chi connectivity index (χ0) is 13.3. The van der Waals surface area contributed by atoms with Crippen LogP contribution in [0.15, 0.2) is 22.9 Å². The number of nitrogens with zero attached hydrogens (tertiary/aromatic N) is 2. The molecule has 2 N–H and O–H groups in total. The van der Waals surface area contributed by atoms with Crippen molar-refractivity contribution in [3.63, 3.8) is 0 Å². The Morgan fingerprint density at radius 3 is 2.72 bits per heavy atom. The van der Waals surface area contributed by atoms with Crippen molar-refractivity contribution in [2.24, 2.45) is 0 Å². The highest BCUT2D eigenvalue weighted by atomic mass is 19.1. The molecule has 0 aliphatic rings. The SMILES string of the molecule is COc1c(F)cc([N+](=O)[O-])cc1-c1cnoc1N. The number of rotatable bonds is 3. The second-order valence-corrected chi connectivity index (χ2v) is 3.37. The van der Waals surface area contributed by atoms with E-state index in [0.717, 1.165) is 12.1 Å². The maximum Gasteiger partial charge on any atom is 0.273 e. The minimum atomic E-state index is -0.859. The van der Waals surface area contributed by atoms with Gasteiger partial charge in [-0.2, -0.15) is 0 Å². The van der Waals surface area contributed by atoms with E-state index in [4.69, 9.17) is 10.5 Å². The van der Waals surface area contributed by atoms with Crippen molar-refractivity contribution in [2.75, 3.05) is 12.8 Å². The van der Waals surface area contributed by atoms with Crippen LogP contribution in [-0.2, 0) is 0 Å². The summed E-state index contributed by atoms with van der Waals surface area (Å²) in [7, 11) is 1.25. The number of methoxy groups -OCH3 is 1. The lowest BCUT2D eigenvalue weighted by Gasteiger charge is -2.07. The van der Waals surface area contributed by atoms with Gasteiger partial charge in [0.05, 0.1) is 29.9 Å². The second kappa shape index (κ2) is 4.32. The van der Waals surface area contributed by atoms with Gasteiger partial charge >= 0.3 is 0 Å². The summed E-state index contributed by atoms with van der Waals surface area (Å²) in [5.41, 5.74) is 5.43. The highest BCUT2D eigenvalue weighted by Gasteiger charge is 2.21. The first kappa shape index (κ1) is 11.8. The van der Waals surface area contributed by atoms with Crippen LogP contribution >= 0.6 is 0 Å². The highest BCUT2D eigenvalue weighted by Crippen LogP contribution is 2.38. The zero-order valence-electron chi connectivity index (χ0n) is 9.21. The lowest BCUT2D eigenvalue weighted by molar-refractivity contribution is -0.385. The number of halogens is 1. The van der Waals surface area contributed by atoms with Gasteiger partial charge in [-0.05, 0) is 0 Å². The van der Waals surface area contributed by atoms with E-state index in [9.17, 15) is 14.5 Å². The van der Waals surface area contributed by atoms with Gasteiger partial charge in [0.1, 0.15) is 0 Å². The van der Waals surface area contributed by atoms with E-state index in [2.05, 4.69) is 9.68 Å². The number of hydrogen-bond acceptors (Lipinski definition) is 6. The molecule has 0 atom stereocenters. The Balaban J connectivity index is 2.71. The molecule has 1 heterocycles. The molecule has 0 saturated carbocycles. The van der Waals surface area contributed by atoms with Gasteiger partial charge < -0.3 is 15.0 Å². The third-order valence-electron chi connectivity index (χ3n) is 2.33. The number of nitrogens with two attached hydrogens (primary N) is 1. The number of aromatic nitrogens is 1. The average molecular weight is 253 g/mol. The van der Waals surface area contributed by atoms with Gasteiger partial charge in [-0.15, -0.1) is 0 Å². The summed E-state index contributed by atoms with van der Waals surface area (Å²) in [6.45, 7) is 0. The van der Waals surface area contributed by atoms with E-state index in [-0.39, 0.29) is 22.8 Å². The maximum atomic E-state index is 13.7. The number of nitrogen functional groups attached to an aromatic ring is 1. The third-order valence-corrected chi connectivity index (χ3v) is 2.33. The highest BCUT2D eigenvalue weighted by molar-refractivity contribution is 5.79. The summed E-state index contributed by atoms with van der Waals surface area (Å²) < 4.78 is 23.2. The molecule has 2 aromatic rings. The molecule has 8 heteroatoms.